The number of hydrogen-bond donors (Lipinski definition) is 1. The van der Waals surface area contributed by atoms with Gasteiger partial charge in [-0.15, -0.1) is 0 Å². The Labute approximate surface area is 106 Å². The molecule has 0 aliphatic carbocycles. The van der Waals surface area contributed by atoms with E-state index in [1.54, 1.807) is 24.4 Å². The Balaban J connectivity index is 1.95. The van der Waals surface area contributed by atoms with Gasteiger partial charge < -0.3 is 9.84 Å². The van der Waals surface area contributed by atoms with Crippen molar-refractivity contribution >= 4 is 28.5 Å². The van der Waals surface area contributed by atoms with Gasteiger partial charge in [0.05, 0.1) is 12.7 Å². The minimum absolute atomic E-state index is 0.118. The van der Waals surface area contributed by atoms with E-state index in [2.05, 4.69) is 33.1 Å². The zero-order valence-corrected chi connectivity index (χ0v) is 10.5. The van der Waals surface area contributed by atoms with Crippen LogP contribution in [0.5, 0.6) is 0 Å². The summed E-state index contributed by atoms with van der Waals surface area (Å²) in [5, 5.41) is 6.30. The highest BCUT2D eigenvalue weighted by molar-refractivity contribution is 14.1. The second kappa shape index (κ2) is 5.11. The summed E-state index contributed by atoms with van der Waals surface area (Å²) >= 11 is 2.19. The van der Waals surface area contributed by atoms with Gasteiger partial charge >= 0.3 is 0 Å². The number of nitrogens with zero attached hydrogens (tertiary/aromatic N) is 1. The van der Waals surface area contributed by atoms with Crippen molar-refractivity contribution < 1.29 is 9.32 Å². The summed E-state index contributed by atoms with van der Waals surface area (Å²) in [6, 6.07) is 9.08. The Kier molecular flexibility index (Phi) is 3.55. The van der Waals surface area contributed by atoms with Crippen molar-refractivity contribution in [3.05, 3.63) is 51.4 Å². The van der Waals surface area contributed by atoms with Gasteiger partial charge in [0.2, 0.25) is 0 Å². The molecule has 1 amide bonds. The van der Waals surface area contributed by atoms with Crippen molar-refractivity contribution in [2.24, 2.45) is 0 Å². The third-order valence-electron chi connectivity index (χ3n) is 2.02. The van der Waals surface area contributed by atoms with Crippen LogP contribution < -0.4 is 5.32 Å². The first-order valence-corrected chi connectivity index (χ1v) is 5.77. The van der Waals surface area contributed by atoms with E-state index in [0.29, 0.717) is 17.9 Å². The lowest BCUT2D eigenvalue weighted by Gasteiger charge is -2.02. The molecule has 1 N–H and O–H groups in total. The van der Waals surface area contributed by atoms with Gasteiger partial charge in [-0.1, -0.05) is 5.16 Å². The van der Waals surface area contributed by atoms with Crippen LogP contribution in [0.2, 0.25) is 0 Å². The van der Waals surface area contributed by atoms with E-state index in [9.17, 15) is 4.79 Å². The van der Waals surface area contributed by atoms with E-state index in [0.717, 1.165) is 3.57 Å². The van der Waals surface area contributed by atoms with Gasteiger partial charge in [-0.05, 0) is 46.9 Å². The van der Waals surface area contributed by atoms with Crippen molar-refractivity contribution in [1.29, 1.82) is 0 Å². The highest BCUT2D eigenvalue weighted by atomic mass is 127. The van der Waals surface area contributed by atoms with E-state index >= 15 is 0 Å². The monoisotopic (exact) mass is 328 g/mol. The van der Waals surface area contributed by atoms with Crippen molar-refractivity contribution in [3.8, 4) is 0 Å². The molecule has 1 aromatic heterocycles. The zero-order valence-electron chi connectivity index (χ0n) is 8.31. The minimum atomic E-state index is -0.118. The second-order valence-electron chi connectivity index (χ2n) is 3.17. The van der Waals surface area contributed by atoms with Crippen LogP contribution in [0.25, 0.3) is 0 Å². The molecule has 0 aliphatic heterocycles. The summed E-state index contributed by atoms with van der Waals surface area (Å²) in [6.07, 6.45) is 1.55. The molecular formula is C11H9IN2O2. The molecule has 2 aromatic rings. The van der Waals surface area contributed by atoms with Crippen LogP contribution in [-0.2, 0) is 6.54 Å². The molecule has 82 valence electrons. The molecule has 0 spiro atoms. The number of rotatable bonds is 3. The fraction of sp³-hybridized carbons (Fsp3) is 0.0909. The van der Waals surface area contributed by atoms with Crippen LogP contribution >= 0.6 is 22.6 Å². The molecule has 16 heavy (non-hydrogen) atoms. The maximum atomic E-state index is 11.7. The average molecular weight is 328 g/mol. The smallest absolute Gasteiger partial charge is 0.251 e. The normalized spacial score (nSPS) is 10.1. The van der Waals surface area contributed by atoms with Crippen molar-refractivity contribution in [2.45, 2.75) is 6.54 Å². The molecule has 5 heteroatoms. The number of aromatic nitrogens is 1. The quantitative estimate of drug-likeness (QED) is 0.879. The van der Waals surface area contributed by atoms with Crippen LogP contribution in [0.3, 0.4) is 0 Å². The number of halogens is 1. The summed E-state index contributed by atoms with van der Waals surface area (Å²) in [7, 11) is 0. The SMILES string of the molecule is O=C(NCc1ccno1)c1ccc(I)cc1. The molecule has 0 atom stereocenters. The largest absolute Gasteiger partial charge is 0.360 e. The molecule has 0 fully saturated rings. The van der Waals surface area contributed by atoms with Gasteiger partial charge in [-0.3, -0.25) is 4.79 Å². The zero-order chi connectivity index (χ0) is 11.4. The topological polar surface area (TPSA) is 55.1 Å². The van der Waals surface area contributed by atoms with Crippen LogP contribution in [-0.4, -0.2) is 11.1 Å². The van der Waals surface area contributed by atoms with E-state index in [4.69, 9.17) is 4.52 Å². The van der Waals surface area contributed by atoms with E-state index < -0.39 is 0 Å². The third-order valence-corrected chi connectivity index (χ3v) is 2.74. The molecule has 1 aromatic carbocycles. The van der Waals surface area contributed by atoms with E-state index in [-0.39, 0.29) is 5.91 Å². The first kappa shape index (κ1) is 11.1. The summed E-state index contributed by atoms with van der Waals surface area (Å²) in [5.41, 5.74) is 0.639. The second-order valence-corrected chi connectivity index (χ2v) is 4.41. The Bertz CT molecular complexity index is 465. The minimum Gasteiger partial charge on any atom is -0.360 e. The molecule has 0 bridgehead atoms. The van der Waals surface area contributed by atoms with Crippen molar-refractivity contribution in [2.75, 3.05) is 0 Å². The molecule has 1 heterocycles. The number of nitrogens with one attached hydrogen (secondary N) is 1. The van der Waals surface area contributed by atoms with Gasteiger partial charge in [-0.2, -0.15) is 0 Å². The average Bonchev–Trinajstić information content (AvgIpc) is 2.80. The van der Waals surface area contributed by atoms with Gasteiger partial charge in [0, 0.05) is 15.2 Å². The highest BCUT2D eigenvalue weighted by Crippen LogP contribution is 2.07. The summed E-state index contributed by atoms with van der Waals surface area (Å²) < 4.78 is 5.97. The van der Waals surface area contributed by atoms with Gasteiger partial charge in [0.25, 0.3) is 5.91 Å². The first-order chi connectivity index (χ1) is 7.75. The molecule has 0 unspecified atom stereocenters. The number of carbonyl (C=O) groups excluding carboxylic acids is 1. The molecule has 2 rings (SSSR count). The molecule has 0 radical (unpaired) electrons. The van der Waals surface area contributed by atoms with Gasteiger partial charge in [0.15, 0.2) is 5.76 Å². The number of hydrogen-bond acceptors (Lipinski definition) is 3. The summed E-state index contributed by atoms with van der Waals surface area (Å²) in [4.78, 5) is 11.7. The Morgan fingerprint density at radius 1 is 1.31 bits per heavy atom. The summed E-state index contributed by atoms with van der Waals surface area (Å²) in [5.74, 6) is 0.520. The maximum absolute atomic E-state index is 11.7. The third kappa shape index (κ3) is 2.82. The van der Waals surface area contributed by atoms with Crippen LogP contribution in [0.1, 0.15) is 16.1 Å². The fourth-order valence-corrected chi connectivity index (χ4v) is 1.56. The Hall–Kier alpha value is -1.37. The predicted octanol–water partition coefficient (Wildman–Crippen LogP) is 2.21. The standard InChI is InChI=1S/C11H9IN2O2/c12-9-3-1-8(2-4-9)11(15)13-7-10-5-6-14-16-10/h1-6H,7H2,(H,13,15). The highest BCUT2D eigenvalue weighted by Gasteiger charge is 2.05. The molecule has 0 saturated carbocycles. The molecule has 4 nitrogen and oxygen atoms in total. The number of benzene rings is 1. The lowest BCUT2D eigenvalue weighted by Crippen LogP contribution is -2.22. The lowest BCUT2D eigenvalue weighted by atomic mass is 10.2. The van der Waals surface area contributed by atoms with Gasteiger partial charge in [0.1, 0.15) is 0 Å². The molecular weight excluding hydrogens is 319 g/mol. The Morgan fingerprint density at radius 3 is 2.69 bits per heavy atom. The first-order valence-electron chi connectivity index (χ1n) is 4.69. The van der Waals surface area contributed by atoms with Gasteiger partial charge in [-0.25, -0.2) is 0 Å². The predicted molar refractivity (Wildman–Crippen MR) is 66.8 cm³/mol. The van der Waals surface area contributed by atoms with Crippen molar-refractivity contribution in [3.63, 3.8) is 0 Å². The molecule has 0 aliphatic rings. The lowest BCUT2D eigenvalue weighted by molar-refractivity contribution is 0.0947. The number of carbonyl (C=O) groups is 1. The molecule has 0 saturated heterocycles. The van der Waals surface area contributed by atoms with E-state index in [1.165, 1.54) is 0 Å². The van der Waals surface area contributed by atoms with Crippen LogP contribution in [0.4, 0.5) is 0 Å². The van der Waals surface area contributed by atoms with E-state index in [1.807, 2.05) is 12.1 Å². The summed E-state index contributed by atoms with van der Waals surface area (Å²) in [6.45, 7) is 0.352. The van der Waals surface area contributed by atoms with Crippen LogP contribution in [0.15, 0.2) is 41.1 Å². The fourth-order valence-electron chi connectivity index (χ4n) is 1.20. The van der Waals surface area contributed by atoms with Crippen molar-refractivity contribution in [1.82, 2.24) is 10.5 Å². The maximum Gasteiger partial charge on any atom is 0.251 e. The number of amides is 1. The van der Waals surface area contributed by atoms with Crippen LogP contribution in [0, 0.1) is 3.57 Å². The Morgan fingerprint density at radius 2 is 2.06 bits per heavy atom.